The molecular formula is C17H27N5O2. The maximum atomic E-state index is 12.4. The van der Waals surface area contributed by atoms with Gasteiger partial charge in [0.2, 0.25) is 11.9 Å². The minimum Gasteiger partial charge on any atom is -0.372 e. The predicted molar refractivity (Wildman–Crippen MR) is 92.0 cm³/mol. The van der Waals surface area contributed by atoms with E-state index >= 15 is 0 Å². The van der Waals surface area contributed by atoms with Gasteiger partial charge in [0.25, 0.3) is 0 Å². The van der Waals surface area contributed by atoms with Crippen LogP contribution < -0.4 is 10.2 Å². The van der Waals surface area contributed by atoms with Gasteiger partial charge in [-0.05, 0) is 19.9 Å². The summed E-state index contributed by atoms with van der Waals surface area (Å²) in [7, 11) is 3.61. The standard InChI is InChI=1S/C17H27N5O2/c1-11-9-22(10-12(2)24-11)17-19-6-5-15(20-17)13-7-18-8-14(13)16(23)21(3)4/h5-6,11-14,18H,7-10H2,1-4H3/t11?,12?,13-,14-/m1/s1. The minimum atomic E-state index is -0.0645. The molecule has 2 aliphatic heterocycles. The normalized spacial score (nSPS) is 30.4. The summed E-state index contributed by atoms with van der Waals surface area (Å²) < 4.78 is 5.79. The molecule has 0 spiro atoms. The monoisotopic (exact) mass is 333 g/mol. The molecule has 7 nitrogen and oxygen atoms in total. The van der Waals surface area contributed by atoms with Crippen LogP contribution in [0, 0.1) is 5.92 Å². The molecule has 3 heterocycles. The number of hydrogen-bond acceptors (Lipinski definition) is 6. The van der Waals surface area contributed by atoms with E-state index in [4.69, 9.17) is 9.72 Å². The van der Waals surface area contributed by atoms with Gasteiger partial charge in [-0.1, -0.05) is 0 Å². The molecule has 1 aromatic rings. The molecule has 0 saturated carbocycles. The van der Waals surface area contributed by atoms with Crippen LogP contribution in [0.3, 0.4) is 0 Å². The summed E-state index contributed by atoms with van der Waals surface area (Å²) in [5, 5.41) is 3.33. The van der Waals surface area contributed by atoms with Crippen LogP contribution in [0.1, 0.15) is 25.5 Å². The Bertz CT molecular complexity index is 584. The van der Waals surface area contributed by atoms with Crippen molar-refractivity contribution < 1.29 is 9.53 Å². The van der Waals surface area contributed by atoms with Crippen LogP contribution in [0.25, 0.3) is 0 Å². The lowest BCUT2D eigenvalue weighted by atomic mass is 9.91. The molecule has 132 valence electrons. The Balaban J connectivity index is 1.81. The summed E-state index contributed by atoms with van der Waals surface area (Å²) in [4.78, 5) is 25.5. The lowest BCUT2D eigenvalue weighted by Gasteiger charge is -2.35. The van der Waals surface area contributed by atoms with E-state index in [-0.39, 0.29) is 30.0 Å². The summed E-state index contributed by atoms with van der Waals surface area (Å²) in [5.41, 5.74) is 0.942. The van der Waals surface area contributed by atoms with Crippen LogP contribution in [0.15, 0.2) is 12.3 Å². The van der Waals surface area contributed by atoms with E-state index in [1.165, 1.54) is 0 Å². The number of nitrogens with one attached hydrogen (secondary N) is 1. The molecule has 0 aromatic carbocycles. The second-order valence-corrected chi connectivity index (χ2v) is 7.05. The van der Waals surface area contributed by atoms with Crippen molar-refractivity contribution in [2.45, 2.75) is 32.0 Å². The number of anilines is 1. The second-order valence-electron chi connectivity index (χ2n) is 7.05. The van der Waals surface area contributed by atoms with Crippen LogP contribution in [-0.4, -0.2) is 73.3 Å². The minimum absolute atomic E-state index is 0.0645. The summed E-state index contributed by atoms with van der Waals surface area (Å²) in [6.45, 7) is 7.19. The number of amides is 1. The molecule has 2 aliphatic rings. The Hall–Kier alpha value is -1.73. The third-order valence-electron chi connectivity index (χ3n) is 4.72. The van der Waals surface area contributed by atoms with Crippen LogP contribution >= 0.6 is 0 Å². The Morgan fingerprint density at radius 1 is 1.29 bits per heavy atom. The van der Waals surface area contributed by atoms with Gasteiger partial charge in [0.05, 0.1) is 23.8 Å². The Kier molecular flexibility index (Phi) is 5.01. The van der Waals surface area contributed by atoms with E-state index in [2.05, 4.69) is 29.0 Å². The van der Waals surface area contributed by atoms with Gasteiger partial charge in [0, 0.05) is 52.4 Å². The largest absolute Gasteiger partial charge is 0.372 e. The van der Waals surface area contributed by atoms with E-state index in [1.807, 2.05) is 6.07 Å². The van der Waals surface area contributed by atoms with Crippen molar-refractivity contribution >= 4 is 11.9 Å². The molecule has 2 unspecified atom stereocenters. The first-order valence-electron chi connectivity index (χ1n) is 8.61. The van der Waals surface area contributed by atoms with Gasteiger partial charge < -0.3 is 19.9 Å². The molecule has 0 radical (unpaired) electrons. The van der Waals surface area contributed by atoms with Crippen molar-refractivity contribution in [3.8, 4) is 0 Å². The number of nitrogens with zero attached hydrogens (tertiary/aromatic N) is 4. The smallest absolute Gasteiger partial charge is 0.227 e. The highest BCUT2D eigenvalue weighted by molar-refractivity contribution is 5.80. The molecule has 0 bridgehead atoms. The third-order valence-corrected chi connectivity index (χ3v) is 4.72. The van der Waals surface area contributed by atoms with E-state index < -0.39 is 0 Å². The molecule has 1 N–H and O–H groups in total. The zero-order chi connectivity index (χ0) is 17.3. The Morgan fingerprint density at radius 3 is 2.67 bits per heavy atom. The molecule has 7 heteroatoms. The van der Waals surface area contributed by atoms with E-state index in [1.54, 1.807) is 25.2 Å². The number of hydrogen-bond donors (Lipinski definition) is 1. The highest BCUT2D eigenvalue weighted by Crippen LogP contribution is 2.29. The van der Waals surface area contributed by atoms with Crippen molar-refractivity contribution in [2.75, 3.05) is 45.2 Å². The molecule has 2 saturated heterocycles. The van der Waals surface area contributed by atoms with Crippen LogP contribution in [-0.2, 0) is 9.53 Å². The lowest BCUT2D eigenvalue weighted by Crippen LogP contribution is -2.46. The lowest BCUT2D eigenvalue weighted by molar-refractivity contribution is -0.132. The van der Waals surface area contributed by atoms with Gasteiger partial charge in [0.15, 0.2) is 0 Å². The average Bonchev–Trinajstić information content (AvgIpc) is 3.02. The molecule has 1 amide bonds. The first-order chi connectivity index (χ1) is 11.5. The second kappa shape index (κ2) is 7.03. The van der Waals surface area contributed by atoms with Crippen molar-refractivity contribution in [3.05, 3.63) is 18.0 Å². The first kappa shape index (κ1) is 17.1. The third kappa shape index (κ3) is 3.52. The highest BCUT2D eigenvalue weighted by atomic mass is 16.5. The number of rotatable bonds is 3. The van der Waals surface area contributed by atoms with Gasteiger partial charge in [-0.15, -0.1) is 0 Å². The first-order valence-corrected chi connectivity index (χ1v) is 8.61. The number of carbonyl (C=O) groups excluding carboxylic acids is 1. The number of morpholine rings is 1. The number of aromatic nitrogens is 2. The molecular weight excluding hydrogens is 306 g/mol. The van der Waals surface area contributed by atoms with Gasteiger partial charge in [-0.25, -0.2) is 9.97 Å². The summed E-state index contributed by atoms with van der Waals surface area (Å²) >= 11 is 0. The van der Waals surface area contributed by atoms with Crippen molar-refractivity contribution in [1.29, 1.82) is 0 Å². The summed E-state index contributed by atoms with van der Waals surface area (Å²) in [6, 6.07) is 1.93. The van der Waals surface area contributed by atoms with Gasteiger partial charge in [-0.3, -0.25) is 4.79 Å². The summed E-state index contributed by atoms with van der Waals surface area (Å²) in [5.74, 6) is 0.916. The highest BCUT2D eigenvalue weighted by Gasteiger charge is 2.36. The molecule has 3 rings (SSSR count). The molecule has 0 aliphatic carbocycles. The molecule has 1 aromatic heterocycles. The molecule has 24 heavy (non-hydrogen) atoms. The predicted octanol–water partition coefficient (Wildman–Crippen LogP) is 0.481. The van der Waals surface area contributed by atoms with Crippen LogP contribution in [0.2, 0.25) is 0 Å². The number of ether oxygens (including phenoxy) is 1. The van der Waals surface area contributed by atoms with Crippen LogP contribution in [0.5, 0.6) is 0 Å². The molecule has 2 fully saturated rings. The van der Waals surface area contributed by atoms with Crippen LogP contribution in [0.4, 0.5) is 5.95 Å². The summed E-state index contributed by atoms with van der Waals surface area (Å²) in [6.07, 6.45) is 2.13. The SMILES string of the molecule is CC1CN(c2nccc([C@@H]3CNC[C@H]3C(=O)N(C)C)n2)CC(C)O1. The van der Waals surface area contributed by atoms with Crippen molar-refractivity contribution in [1.82, 2.24) is 20.2 Å². The maximum absolute atomic E-state index is 12.4. The Labute approximate surface area is 143 Å². The fourth-order valence-electron chi connectivity index (χ4n) is 3.64. The average molecular weight is 333 g/mol. The fourth-order valence-corrected chi connectivity index (χ4v) is 3.64. The van der Waals surface area contributed by atoms with Crippen molar-refractivity contribution in [3.63, 3.8) is 0 Å². The van der Waals surface area contributed by atoms with Gasteiger partial charge in [-0.2, -0.15) is 0 Å². The zero-order valence-electron chi connectivity index (χ0n) is 14.9. The van der Waals surface area contributed by atoms with Gasteiger partial charge >= 0.3 is 0 Å². The Morgan fingerprint density at radius 2 is 2.00 bits per heavy atom. The number of carbonyl (C=O) groups is 1. The zero-order valence-corrected chi connectivity index (χ0v) is 14.9. The van der Waals surface area contributed by atoms with Gasteiger partial charge in [0.1, 0.15) is 0 Å². The quantitative estimate of drug-likeness (QED) is 0.868. The van der Waals surface area contributed by atoms with Crippen molar-refractivity contribution in [2.24, 2.45) is 5.92 Å². The maximum Gasteiger partial charge on any atom is 0.227 e. The fraction of sp³-hybridized carbons (Fsp3) is 0.706. The van der Waals surface area contributed by atoms with E-state index in [0.29, 0.717) is 6.54 Å². The molecule has 4 atom stereocenters. The van der Waals surface area contributed by atoms with E-state index in [9.17, 15) is 4.79 Å². The van der Waals surface area contributed by atoms with E-state index in [0.717, 1.165) is 31.3 Å². The topological polar surface area (TPSA) is 70.6 Å².